The third kappa shape index (κ3) is 1.32. The van der Waals surface area contributed by atoms with Crippen molar-refractivity contribution in [3.63, 3.8) is 0 Å². The number of rotatable bonds is 1. The lowest BCUT2D eigenvalue weighted by Gasteiger charge is -2.02. The Hall–Kier alpha value is -2.37. The average Bonchev–Trinajstić information content (AvgIpc) is 2.23. The van der Waals surface area contributed by atoms with E-state index < -0.39 is 23.0 Å². The lowest BCUT2D eigenvalue weighted by atomic mass is 10.2. The van der Waals surface area contributed by atoms with Gasteiger partial charge in [0.15, 0.2) is 11.4 Å². The number of aromatic amines is 1. The predicted octanol–water partition coefficient (Wildman–Crippen LogP) is 0.327. The number of pyridine rings is 2. The van der Waals surface area contributed by atoms with Gasteiger partial charge in [-0.2, -0.15) is 0 Å². The van der Waals surface area contributed by atoms with Gasteiger partial charge in [0, 0.05) is 17.8 Å². The van der Waals surface area contributed by atoms with Crippen LogP contribution in [0, 0.1) is 0 Å². The molecule has 0 radical (unpaired) electrons. The molecule has 2 rings (SSSR count). The summed E-state index contributed by atoms with van der Waals surface area (Å²) >= 11 is 0. The number of aromatic carboxylic acids is 1. The standard InChI is InChI=1S/C9H6N2O4/c12-7-5-3-10-2-1-4(5)8(13)11-6(7)9(14)15/h1-3,12H,(H,11,13)(H,14,15). The summed E-state index contributed by atoms with van der Waals surface area (Å²) < 4.78 is 0. The molecule has 0 amide bonds. The first-order valence-corrected chi connectivity index (χ1v) is 4.03. The number of carboxylic acids is 1. The second-order valence-electron chi connectivity index (χ2n) is 2.90. The highest BCUT2D eigenvalue weighted by atomic mass is 16.4. The van der Waals surface area contributed by atoms with Crippen molar-refractivity contribution in [3.8, 4) is 5.75 Å². The summed E-state index contributed by atoms with van der Waals surface area (Å²) in [5, 5.41) is 18.6. The summed E-state index contributed by atoms with van der Waals surface area (Å²) in [6.07, 6.45) is 2.63. The number of hydrogen-bond acceptors (Lipinski definition) is 4. The van der Waals surface area contributed by atoms with E-state index in [9.17, 15) is 14.7 Å². The van der Waals surface area contributed by atoms with Crippen LogP contribution in [-0.4, -0.2) is 26.2 Å². The summed E-state index contributed by atoms with van der Waals surface area (Å²) in [6.45, 7) is 0. The van der Waals surface area contributed by atoms with Crippen LogP contribution in [0.15, 0.2) is 23.3 Å². The highest BCUT2D eigenvalue weighted by Gasteiger charge is 2.15. The fraction of sp³-hybridized carbons (Fsp3) is 0. The van der Waals surface area contributed by atoms with Gasteiger partial charge in [-0.15, -0.1) is 0 Å². The van der Waals surface area contributed by atoms with E-state index in [0.717, 1.165) is 0 Å². The van der Waals surface area contributed by atoms with Gasteiger partial charge in [-0.25, -0.2) is 4.79 Å². The maximum atomic E-state index is 11.4. The monoisotopic (exact) mass is 206 g/mol. The first kappa shape index (κ1) is 9.20. The van der Waals surface area contributed by atoms with Gasteiger partial charge >= 0.3 is 5.97 Å². The molecule has 0 unspecified atom stereocenters. The van der Waals surface area contributed by atoms with E-state index in [4.69, 9.17) is 5.11 Å². The van der Waals surface area contributed by atoms with Gasteiger partial charge in [0.2, 0.25) is 0 Å². The van der Waals surface area contributed by atoms with Crippen LogP contribution in [0.3, 0.4) is 0 Å². The molecule has 0 bridgehead atoms. The van der Waals surface area contributed by atoms with Crippen LogP contribution < -0.4 is 5.56 Å². The molecule has 6 heteroatoms. The van der Waals surface area contributed by atoms with E-state index in [2.05, 4.69) is 9.97 Å². The fourth-order valence-corrected chi connectivity index (χ4v) is 1.31. The van der Waals surface area contributed by atoms with Crippen LogP contribution in [0.5, 0.6) is 5.75 Å². The van der Waals surface area contributed by atoms with Crippen molar-refractivity contribution in [1.82, 2.24) is 9.97 Å². The molecule has 0 aromatic carbocycles. The Bertz CT molecular complexity index is 603. The third-order valence-electron chi connectivity index (χ3n) is 2.01. The largest absolute Gasteiger partial charge is 0.505 e. The number of aromatic hydroxyl groups is 1. The number of nitrogens with one attached hydrogen (secondary N) is 1. The topological polar surface area (TPSA) is 103 Å². The van der Waals surface area contributed by atoms with Crippen molar-refractivity contribution in [2.75, 3.05) is 0 Å². The molecule has 2 heterocycles. The number of H-pyrrole nitrogens is 1. The SMILES string of the molecule is O=C(O)c1[nH]c(=O)c2ccncc2c1O. The number of nitrogens with zero attached hydrogens (tertiary/aromatic N) is 1. The number of hydrogen-bond donors (Lipinski definition) is 3. The minimum absolute atomic E-state index is 0.124. The Kier molecular flexibility index (Phi) is 1.89. The van der Waals surface area contributed by atoms with Gasteiger partial charge in [0.1, 0.15) is 0 Å². The minimum Gasteiger partial charge on any atom is -0.505 e. The molecule has 15 heavy (non-hydrogen) atoms. The number of carboxylic acid groups (broad SMARTS) is 1. The van der Waals surface area contributed by atoms with Crippen LogP contribution in [0.25, 0.3) is 10.8 Å². The summed E-state index contributed by atoms with van der Waals surface area (Å²) in [7, 11) is 0. The van der Waals surface area contributed by atoms with Gasteiger partial charge < -0.3 is 15.2 Å². The molecule has 2 aromatic heterocycles. The molecule has 0 aliphatic carbocycles. The van der Waals surface area contributed by atoms with Crippen LogP contribution in [0.1, 0.15) is 10.5 Å². The Labute approximate surface area is 82.8 Å². The van der Waals surface area contributed by atoms with E-state index in [1.54, 1.807) is 0 Å². The van der Waals surface area contributed by atoms with Crippen molar-refractivity contribution in [1.29, 1.82) is 0 Å². The van der Waals surface area contributed by atoms with Gasteiger partial charge in [0.05, 0.1) is 5.39 Å². The van der Waals surface area contributed by atoms with Crippen molar-refractivity contribution in [2.45, 2.75) is 0 Å². The molecule has 0 spiro atoms. The molecular weight excluding hydrogens is 200 g/mol. The zero-order valence-electron chi connectivity index (χ0n) is 7.39. The normalized spacial score (nSPS) is 10.4. The molecule has 3 N–H and O–H groups in total. The van der Waals surface area contributed by atoms with E-state index in [-0.39, 0.29) is 10.8 Å². The van der Waals surface area contributed by atoms with Crippen LogP contribution in [0.2, 0.25) is 0 Å². The average molecular weight is 206 g/mol. The Morgan fingerprint density at radius 1 is 1.40 bits per heavy atom. The molecule has 76 valence electrons. The van der Waals surface area contributed by atoms with Crippen molar-refractivity contribution in [2.24, 2.45) is 0 Å². The quantitative estimate of drug-likeness (QED) is 0.623. The molecular formula is C9H6N2O4. The number of fused-ring (bicyclic) bond motifs is 1. The number of carbonyl (C=O) groups is 1. The second kappa shape index (κ2) is 3.09. The zero-order chi connectivity index (χ0) is 11.0. The summed E-state index contributed by atoms with van der Waals surface area (Å²) in [5.74, 6) is -1.87. The first-order chi connectivity index (χ1) is 7.11. The fourth-order valence-electron chi connectivity index (χ4n) is 1.31. The minimum atomic E-state index is -1.39. The lowest BCUT2D eigenvalue weighted by molar-refractivity contribution is 0.0687. The third-order valence-corrected chi connectivity index (χ3v) is 2.01. The first-order valence-electron chi connectivity index (χ1n) is 4.03. The molecule has 6 nitrogen and oxygen atoms in total. The molecule has 0 saturated heterocycles. The van der Waals surface area contributed by atoms with E-state index in [1.165, 1.54) is 18.5 Å². The summed E-state index contributed by atoms with van der Waals surface area (Å²) in [5.41, 5.74) is -1.09. The van der Waals surface area contributed by atoms with Gasteiger partial charge in [-0.05, 0) is 6.07 Å². The Morgan fingerprint density at radius 2 is 2.13 bits per heavy atom. The van der Waals surface area contributed by atoms with Gasteiger partial charge in [0.25, 0.3) is 5.56 Å². The molecule has 0 atom stereocenters. The van der Waals surface area contributed by atoms with Crippen molar-refractivity contribution in [3.05, 3.63) is 34.5 Å². The van der Waals surface area contributed by atoms with Gasteiger partial charge in [-0.3, -0.25) is 9.78 Å². The summed E-state index contributed by atoms with van der Waals surface area (Å²) in [4.78, 5) is 27.9. The second-order valence-corrected chi connectivity index (χ2v) is 2.90. The Morgan fingerprint density at radius 3 is 2.80 bits per heavy atom. The smallest absolute Gasteiger partial charge is 0.356 e. The van der Waals surface area contributed by atoms with Crippen LogP contribution >= 0.6 is 0 Å². The van der Waals surface area contributed by atoms with Crippen molar-refractivity contribution < 1.29 is 15.0 Å². The van der Waals surface area contributed by atoms with Gasteiger partial charge in [-0.1, -0.05) is 0 Å². The van der Waals surface area contributed by atoms with E-state index in [0.29, 0.717) is 0 Å². The molecule has 0 saturated carbocycles. The highest BCUT2D eigenvalue weighted by molar-refractivity contribution is 5.97. The maximum Gasteiger partial charge on any atom is 0.356 e. The van der Waals surface area contributed by atoms with Crippen LogP contribution in [-0.2, 0) is 0 Å². The molecule has 0 aliphatic rings. The van der Waals surface area contributed by atoms with Crippen LogP contribution in [0.4, 0.5) is 0 Å². The summed E-state index contributed by atoms with van der Waals surface area (Å²) in [6, 6.07) is 1.40. The lowest BCUT2D eigenvalue weighted by Crippen LogP contribution is -2.13. The van der Waals surface area contributed by atoms with E-state index in [1.807, 2.05) is 0 Å². The number of aromatic nitrogens is 2. The maximum absolute atomic E-state index is 11.4. The Balaban J connectivity index is 2.97. The molecule has 0 aliphatic heterocycles. The molecule has 0 fully saturated rings. The zero-order valence-corrected chi connectivity index (χ0v) is 7.39. The predicted molar refractivity (Wildman–Crippen MR) is 51.0 cm³/mol. The van der Waals surface area contributed by atoms with Crippen molar-refractivity contribution >= 4 is 16.7 Å². The molecule has 2 aromatic rings. The highest BCUT2D eigenvalue weighted by Crippen LogP contribution is 2.23. The van der Waals surface area contributed by atoms with E-state index >= 15 is 0 Å².